The van der Waals surface area contributed by atoms with Gasteiger partial charge in [-0.2, -0.15) is 4.31 Å². The van der Waals surface area contributed by atoms with E-state index >= 15 is 0 Å². The molecule has 0 spiro atoms. The van der Waals surface area contributed by atoms with Crippen LogP contribution in [0.1, 0.15) is 21.5 Å². The van der Waals surface area contributed by atoms with Gasteiger partial charge in [0.25, 0.3) is 5.91 Å². The van der Waals surface area contributed by atoms with Gasteiger partial charge in [-0.1, -0.05) is 24.3 Å². The minimum Gasteiger partial charge on any atom is -0.497 e. The second-order valence-corrected chi connectivity index (χ2v) is 9.82. The van der Waals surface area contributed by atoms with Crippen molar-refractivity contribution < 1.29 is 22.7 Å². The lowest BCUT2D eigenvalue weighted by atomic mass is 10.0. The van der Waals surface area contributed by atoms with Crippen LogP contribution in [0.5, 0.6) is 17.2 Å². The number of carbonyl (C=O) groups excluding carboxylic acids is 1. The first-order valence-corrected chi connectivity index (χ1v) is 12.3. The summed E-state index contributed by atoms with van der Waals surface area (Å²) < 4.78 is 38.0. The topological polar surface area (TPSA) is 84.9 Å². The Hall–Kier alpha value is -3.36. The van der Waals surface area contributed by atoms with Crippen LogP contribution in [0, 0.1) is 0 Å². The third kappa shape index (κ3) is 5.71. The van der Waals surface area contributed by atoms with Crippen molar-refractivity contribution in [3.05, 3.63) is 89.5 Å². The van der Waals surface area contributed by atoms with Gasteiger partial charge >= 0.3 is 0 Å². The zero-order valence-electron chi connectivity index (χ0n) is 18.4. The van der Waals surface area contributed by atoms with Crippen molar-refractivity contribution in [1.29, 1.82) is 0 Å². The summed E-state index contributed by atoms with van der Waals surface area (Å²) in [6.07, 6.45) is 0.634. The molecule has 0 bridgehead atoms. The lowest BCUT2D eigenvalue weighted by Crippen LogP contribution is -2.40. The summed E-state index contributed by atoms with van der Waals surface area (Å²) in [5.41, 5.74) is 2.52. The number of carbonyl (C=O) groups is 1. The maximum Gasteiger partial charge on any atom is 0.251 e. The van der Waals surface area contributed by atoms with E-state index < -0.39 is 10.0 Å². The SMILES string of the molecule is COc1ccc2c(c1)CCN(S(=O)(=O)CCNC(=O)c1ccc(Oc3ccccc3)cc1)C2. The maximum absolute atomic E-state index is 12.8. The summed E-state index contributed by atoms with van der Waals surface area (Å²) in [6.45, 7) is 0.785. The molecule has 3 aromatic rings. The Bertz CT molecular complexity index is 1210. The number of sulfonamides is 1. The van der Waals surface area contributed by atoms with Crippen LogP contribution in [-0.2, 0) is 23.0 Å². The third-order valence-electron chi connectivity index (χ3n) is 5.53. The van der Waals surface area contributed by atoms with Crippen molar-refractivity contribution in [3.63, 3.8) is 0 Å². The number of hydrogen-bond acceptors (Lipinski definition) is 5. The van der Waals surface area contributed by atoms with Crippen molar-refractivity contribution in [2.75, 3.05) is 26.0 Å². The Morgan fingerprint density at radius 3 is 2.36 bits per heavy atom. The first kappa shape index (κ1) is 22.8. The Morgan fingerprint density at radius 2 is 1.64 bits per heavy atom. The molecule has 33 heavy (non-hydrogen) atoms. The molecule has 0 saturated heterocycles. The molecule has 1 amide bonds. The molecule has 0 atom stereocenters. The summed E-state index contributed by atoms with van der Waals surface area (Å²) in [4.78, 5) is 12.4. The summed E-state index contributed by atoms with van der Waals surface area (Å²) in [5.74, 6) is 1.61. The molecular formula is C25H26N2O5S. The largest absolute Gasteiger partial charge is 0.497 e. The van der Waals surface area contributed by atoms with Crippen LogP contribution in [0.15, 0.2) is 72.8 Å². The summed E-state index contributed by atoms with van der Waals surface area (Å²) >= 11 is 0. The molecule has 8 heteroatoms. The van der Waals surface area contributed by atoms with E-state index in [1.807, 2.05) is 48.5 Å². The molecule has 1 heterocycles. The number of amides is 1. The fourth-order valence-electron chi connectivity index (χ4n) is 3.69. The highest BCUT2D eigenvalue weighted by Gasteiger charge is 2.26. The Morgan fingerprint density at radius 1 is 0.939 bits per heavy atom. The summed E-state index contributed by atoms with van der Waals surface area (Å²) in [5, 5.41) is 2.70. The maximum atomic E-state index is 12.8. The third-order valence-corrected chi connectivity index (χ3v) is 7.34. The normalized spacial score (nSPS) is 13.7. The smallest absolute Gasteiger partial charge is 0.251 e. The number of ether oxygens (including phenoxy) is 2. The Kier molecular flexibility index (Phi) is 6.96. The van der Waals surface area contributed by atoms with Crippen LogP contribution >= 0.6 is 0 Å². The van der Waals surface area contributed by atoms with E-state index in [0.717, 1.165) is 16.9 Å². The van der Waals surface area contributed by atoms with Gasteiger partial charge in [-0.05, 0) is 66.1 Å². The van der Waals surface area contributed by atoms with Crippen molar-refractivity contribution in [2.24, 2.45) is 0 Å². The predicted octanol–water partition coefficient (Wildman–Crippen LogP) is 3.61. The van der Waals surface area contributed by atoms with Crippen LogP contribution in [0.4, 0.5) is 0 Å². The van der Waals surface area contributed by atoms with E-state index in [1.165, 1.54) is 4.31 Å². The molecule has 172 valence electrons. The zero-order valence-corrected chi connectivity index (χ0v) is 19.2. The van der Waals surface area contributed by atoms with Crippen LogP contribution < -0.4 is 14.8 Å². The molecule has 0 unspecified atom stereocenters. The first-order chi connectivity index (χ1) is 15.9. The van der Waals surface area contributed by atoms with Crippen LogP contribution in [0.2, 0.25) is 0 Å². The van der Waals surface area contributed by atoms with Gasteiger partial charge in [0.05, 0.1) is 12.9 Å². The van der Waals surface area contributed by atoms with Gasteiger partial charge in [0.2, 0.25) is 10.0 Å². The van der Waals surface area contributed by atoms with Gasteiger partial charge < -0.3 is 14.8 Å². The number of benzene rings is 3. The number of rotatable bonds is 8. The van der Waals surface area contributed by atoms with Gasteiger partial charge in [0.15, 0.2) is 0 Å². The standard InChI is InChI=1S/C25H26N2O5S/c1-31-24-12-9-21-18-27(15-13-20(21)17-24)33(29,30)16-14-26-25(28)19-7-10-23(11-8-19)32-22-5-3-2-4-6-22/h2-12,17H,13-16,18H2,1H3,(H,26,28). The average molecular weight is 467 g/mol. The van der Waals surface area contributed by atoms with E-state index in [2.05, 4.69) is 5.32 Å². The van der Waals surface area contributed by atoms with Crippen LogP contribution in [0.3, 0.4) is 0 Å². The lowest BCUT2D eigenvalue weighted by Gasteiger charge is -2.28. The number of methoxy groups -OCH3 is 1. The van der Waals surface area contributed by atoms with Gasteiger partial charge in [0.1, 0.15) is 17.2 Å². The zero-order chi connectivity index (χ0) is 23.3. The van der Waals surface area contributed by atoms with Crippen molar-refractivity contribution in [1.82, 2.24) is 9.62 Å². The van der Waals surface area contributed by atoms with Gasteiger partial charge in [0, 0.05) is 25.2 Å². The average Bonchev–Trinajstić information content (AvgIpc) is 2.84. The second-order valence-electron chi connectivity index (χ2n) is 7.73. The van der Waals surface area contributed by atoms with Crippen LogP contribution in [-0.4, -0.2) is 44.6 Å². The van der Waals surface area contributed by atoms with Gasteiger partial charge in [-0.3, -0.25) is 4.79 Å². The Labute approximate surface area is 194 Å². The van der Waals surface area contributed by atoms with Crippen molar-refractivity contribution in [3.8, 4) is 17.2 Å². The fourth-order valence-corrected chi connectivity index (χ4v) is 5.02. The minimum absolute atomic E-state index is 0.0371. The molecule has 0 fully saturated rings. The van der Waals surface area contributed by atoms with Crippen LogP contribution in [0.25, 0.3) is 0 Å². The quantitative estimate of drug-likeness (QED) is 0.548. The molecule has 0 radical (unpaired) electrons. The molecule has 0 aliphatic carbocycles. The number of hydrogen-bond donors (Lipinski definition) is 1. The predicted molar refractivity (Wildman–Crippen MR) is 126 cm³/mol. The highest BCUT2D eigenvalue weighted by Crippen LogP contribution is 2.25. The van der Waals surface area contributed by atoms with E-state index in [4.69, 9.17) is 9.47 Å². The summed E-state index contributed by atoms with van der Waals surface area (Å²) in [7, 11) is -1.88. The van der Waals surface area contributed by atoms with Gasteiger partial charge in [-0.15, -0.1) is 0 Å². The molecule has 1 aliphatic rings. The Balaban J connectivity index is 1.29. The second kappa shape index (κ2) is 10.1. The highest BCUT2D eigenvalue weighted by molar-refractivity contribution is 7.89. The van der Waals surface area contributed by atoms with E-state index in [9.17, 15) is 13.2 Å². The summed E-state index contributed by atoms with van der Waals surface area (Å²) in [6, 6.07) is 21.8. The molecule has 1 N–H and O–H groups in total. The molecule has 1 aliphatic heterocycles. The highest BCUT2D eigenvalue weighted by atomic mass is 32.2. The van der Waals surface area contributed by atoms with Gasteiger partial charge in [-0.25, -0.2) is 8.42 Å². The van der Waals surface area contributed by atoms with E-state index in [-0.39, 0.29) is 18.2 Å². The molecule has 7 nitrogen and oxygen atoms in total. The van der Waals surface area contributed by atoms with Crippen molar-refractivity contribution >= 4 is 15.9 Å². The molecule has 4 rings (SSSR count). The number of fused-ring (bicyclic) bond motifs is 1. The van der Waals surface area contributed by atoms with Crippen molar-refractivity contribution in [2.45, 2.75) is 13.0 Å². The molecule has 3 aromatic carbocycles. The monoisotopic (exact) mass is 466 g/mol. The first-order valence-electron chi connectivity index (χ1n) is 10.7. The van der Waals surface area contributed by atoms with E-state index in [1.54, 1.807) is 31.4 Å². The number of para-hydroxylation sites is 1. The molecule has 0 saturated carbocycles. The molecular weight excluding hydrogens is 440 g/mol. The lowest BCUT2D eigenvalue weighted by molar-refractivity contribution is 0.0956. The minimum atomic E-state index is -3.49. The number of nitrogens with zero attached hydrogens (tertiary/aromatic N) is 1. The fraction of sp³-hybridized carbons (Fsp3) is 0.240. The molecule has 0 aromatic heterocycles. The van der Waals surface area contributed by atoms with E-state index in [0.29, 0.717) is 36.6 Å². The number of nitrogens with one attached hydrogen (secondary N) is 1.